The fourth-order valence-corrected chi connectivity index (χ4v) is 2.21. The summed E-state index contributed by atoms with van der Waals surface area (Å²) in [5, 5.41) is 8.50. The molecule has 0 aliphatic heterocycles. The molecule has 84 valence electrons. The van der Waals surface area contributed by atoms with Crippen molar-refractivity contribution in [2.24, 2.45) is 12.2 Å². The molecule has 15 heavy (non-hydrogen) atoms. The Kier molecular flexibility index (Phi) is 3.25. The molecule has 1 heterocycles. The van der Waals surface area contributed by atoms with Crippen LogP contribution in [0.3, 0.4) is 0 Å². The van der Waals surface area contributed by atoms with Gasteiger partial charge in [0.25, 0.3) is 10.0 Å². The van der Waals surface area contributed by atoms with Crippen molar-refractivity contribution in [3.05, 3.63) is 11.8 Å². The van der Waals surface area contributed by atoms with Crippen molar-refractivity contribution in [3.63, 3.8) is 0 Å². The number of hydrogen-bond acceptors (Lipinski definition) is 4. The molecule has 0 radical (unpaired) electrons. The maximum atomic E-state index is 11.6. The van der Waals surface area contributed by atoms with Crippen LogP contribution >= 0.6 is 0 Å². The van der Waals surface area contributed by atoms with Crippen LogP contribution in [-0.4, -0.2) is 24.0 Å². The molecule has 0 bridgehead atoms. The first kappa shape index (κ1) is 11.9. The summed E-state index contributed by atoms with van der Waals surface area (Å²) in [6.07, 6.45) is 2.17. The third-order valence-corrected chi connectivity index (χ3v) is 2.95. The van der Waals surface area contributed by atoms with Crippen molar-refractivity contribution in [2.45, 2.75) is 24.8 Å². The molecule has 0 aromatic carbocycles. The summed E-state index contributed by atoms with van der Waals surface area (Å²) >= 11 is 0. The van der Waals surface area contributed by atoms with E-state index in [1.165, 1.54) is 13.2 Å². The van der Waals surface area contributed by atoms with E-state index in [1.807, 2.05) is 6.92 Å². The Hall–Kier alpha value is -1.21. The Morgan fingerprint density at radius 3 is 2.67 bits per heavy atom. The number of carbonyl (C=O) groups is 1. The number of aromatic nitrogens is 2. The van der Waals surface area contributed by atoms with Crippen LogP contribution < -0.4 is 5.14 Å². The summed E-state index contributed by atoms with van der Waals surface area (Å²) in [6.45, 7) is 1.84. The summed E-state index contributed by atoms with van der Waals surface area (Å²) in [7, 11) is -2.47. The highest BCUT2D eigenvalue weighted by atomic mass is 32.2. The van der Waals surface area contributed by atoms with Gasteiger partial charge in [-0.05, 0) is 6.42 Å². The van der Waals surface area contributed by atoms with E-state index in [4.69, 9.17) is 5.14 Å². The summed E-state index contributed by atoms with van der Waals surface area (Å²) in [4.78, 5) is 11.6. The quantitative estimate of drug-likeness (QED) is 0.741. The summed E-state index contributed by atoms with van der Waals surface area (Å²) < 4.78 is 23.5. The number of sulfonamides is 1. The lowest BCUT2D eigenvalue weighted by Gasteiger charge is -2.01. The van der Waals surface area contributed by atoms with E-state index in [2.05, 4.69) is 5.10 Å². The molecule has 2 N–H and O–H groups in total. The molecule has 0 atom stereocenters. The number of primary sulfonamides is 1. The van der Waals surface area contributed by atoms with E-state index in [-0.39, 0.29) is 22.8 Å². The molecule has 0 spiro atoms. The lowest BCUT2D eigenvalue weighted by atomic mass is 10.1. The van der Waals surface area contributed by atoms with E-state index in [0.29, 0.717) is 6.42 Å². The Morgan fingerprint density at radius 2 is 2.20 bits per heavy atom. The first-order valence-electron chi connectivity index (χ1n) is 4.46. The highest BCUT2D eigenvalue weighted by molar-refractivity contribution is 7.89. The van der Waals surface area contributed by atoms with Crippen molar-refractivity contribution in [1.29, 1.82) is 0 Å². The predicted molar refractivity (Wildman–Crippen MR) is 53.8 cm³/mol. The van der Waals surface area contributed by atoms with Gasteiger partial charge in [-0.1, -0.05) is 6.92 Å². The van der Waals surface area contributed by atoms with Gasteiger partial charge >= 0.3 is 0 Å². The number of Topliss-reactive ketones (excluding diaryl/α,β-unsaturated/α-hetero) is 1. The first-order chi connectivity index (χ1) is 6.88. The number of rotatable bonds is 4. The summed E-state index contributed by atoms with van der Waals surface area (Å²) in [6, 6.07) is 0. The molecule has 0 fully saturated rings. The Labute approximate surface area is 88.1 Å². The normalized spacial score (nSPS) is 11.7. The lowest BCUT2D eigenvalue weighted by molar-refractivity contribution is 0.0978. The highest BCUT2D eigenvalue weighted by Gasteiger charge is 2.23. The molecule has 7 heteroatoms. The van der Waals surface area contributed by atoms with Crippen LogP contribution in [0.15, 0.2) is 11.2 Å². The van der Waals surface area contributed by atoms with E-state index < -0.39 is 10.0 Å². The van der Waals surface area contributed by atoms with Gasteiger partial charge in [0.2, 0.25) is 0 Å². The average molecular weight is 231 g/mol. The third kappa shape index (κ3) is 2.42. The second-order valence-corrected chi connectivity index (χ2v) is 4.68. The standard InChI is InChI=1S/C8H13N3O3S/c1-3-4-7(12)6-5-10-11(2)8(6)15(9,13)14/h5H,3-4H2,1-2H3,(H2,9,13,14). The van der Waals surface area contributed by atoms with Crippen LogP contribution in [0.1, 0.15) is 30.1 Å². The number of ketones is 1. The minimum absolute atomic E-state index is 0.0712. The number of hydrogen-bond donors (Lipinski definition) is 1. The molecule has 6 nitrogen and oxygen atoms in total. The molecular formula is C8H13N3O3S. The Morgan fingerprint density at radius 1 is 1.60 bits per heavy atom. The number of nitrogens with zero attached hydrogens (tertiary/aromatic N) is 2. The number of nitrogens with two attached hydrogens (primary N) is 1. The third-order valence-electron chi connectivity index (χ3n) is 1.93. The summed E-state index contributed by atoms with van der Waals surface area (Å²) in [5.41, 5.74) is 0.0712. The number of carbonyl (C=O) groups excluding carboxylic acids is 1. The molecule has 0 saturated heterocycles. The molecule has 0 aliphatic carbocycles. The van der Waals surface area contributed by atoms with Crippen LogP contribution in [0.25, 0.3) is 0 Å². The molecule has 0 unspecified atom stereocenters. The van der Waals surface area contributed by atoms with Gasteiger partial charge in [-0.25, -0.2) is 13.6 Å². The predicted octanol–water partition coefficient (Wildman–Crippen LogP) is 0.0503. The van der Waals surface area contributed by atoms with Gasteiger partial charge in [0.1, 0.15) is 0 Å². The van der Waals surface area contributed by atoms with Crippen LogP contribution in [0.2, 0.25) is 0 Å². The van der Waals surface area contributed by atoms with Crippen molar-refractivity contribution in [3.8, 4) is 0 Å². The van der Waals surface area contributed by atoms with E-state index in [9.17, 15) is 13.2 Å². The molecule has 0 saturated carbocycles. The Bertz CT molecular complexity index is 475. The molecule has 0 aliphatic rings. The largest absolute Gasteiger partial charge is 0.294 e. The van der Waals surface area contributed by atoms with Gasteiger partial charge in [0.15, 0.2) is 10.8 Å². The smallest absolute Gasteiger partial charge is 0.255 e. The first-order valence-corrected chi connectivity index (χ1v) is 6.00. The van der Waals surface area contributed by atoms with E-state index >= 15 is 0 Å². The second-order valence-electron chi connectivity index (χ2n) is 3.21. The van der Waals surface area contributed by atoms with Gasteiger partial charge in [0, 0.05) is 13.5 Å². The van der Waals surface area contributed by atoms with Crippen LogP contribution in [0.5, 0.6) is 0 Å². The van der Waals surface area contributed by atoms with Gasteiger partial charge in [-0.3, -0.25) is 9.48 Å². The maximum Gasteiger partial charge on any atom is 0.255 e. The zero-order valence-corrected chi connectivity index (χ0v) is 9.41. The van der Waals surface area contributed by atoms with E-state index in [0.717, 1.165) is 4.68 Å². The fraction of sp³-hybridized carbons (Fsp3) is 0.500. The maximum absolute atomic E-state index is 11.6. The van der Waals surface area contributed by atoms with Gasteiger partial charge in [-0.15, -0.1) is 0 Å². The second kappa shape index (κ2) is 4.11. The monoisotopic (exact) mass is 231 g/mol. The molecule has 1 rings (SSSR count). The SMILES string of the molecule is CCCC(=O)c1cnn(C)c1S(N)(=O)=O. The number of aryl methyl sites for hydroxylation is 1. The van der Waals surface area contributed by atoms with Crippen LogP contribution in [0.4, 0.5) is 0 Å². The van der Waals surface area contributed by atoms with Crippen molar-refractivity contribution < 1.29 is 13.2 Å². The topological polar surface area (TPSA) is 95.0 Å². The zero-order valence-electron chi connectivity index (χ0n) is 8.60. The minimum Gasteiger partial charge on any atom is -0.294 e. The molecule has 0 amide bonds. The van der Waals surface area contributed by atoms with Crippen LogP contribution in [-0.2, 0) is 17.1 Å². The van der Waals surface area contributed by atoms with Crippen molar-refractivity contribution in [1.82, 2.24) is 9.78 Å². The zero-order chi connectivity index (χ0) is 11.6. The van der Waals surface area contributed by atoms with Crippen LogP contribution in [0, 0.1) is 0 Å². The lowest BCUT2D eigenvalue weighted by Crippen LogP contribution is -2.19. The minimum atomic E-state index is -3.90. The molecular weight excluding hydrogens is 218 g/mol. The Balaban J connectivity index is 3.27. The van der Waals surface area contributed by atoms with Gasteiger partial charge in [0.05, 0.1) is 11.8 Å². The summed E-state index contributed by atoms with van der Waals surface area (Å²) in [5.74, 6) is -0.255. The van der Waals surface area contributed by atoms with Gasteiger partial charge < -0.3 is 0 Å². The fourth-order valence-electron chi connectivity index (χ4n) is 1.32. The van der Waals surface area contributed by atoms with Gasteiger partial charge in [-0.2, -0.15) is 5.10 Å². The molecule has 1 aromatic rings. The molecule has 1 aromatic heterocycles. The highest BCUT2D eigenvalue weighted by Crippen LogP contribution is 2.15. The van der Waals surface area contributed by atoms with E-state index in [1.54, 1.807) is 0 Å². The van der Waals surface area contributed by atoms with Crippen molar-refractivity contribution in [2.75, 3.05) is 0 Å². The van der Waals surface area contributed by atoms with Crippen molar-refractivity contribution >= 4 is 15.8 Å². The average Bonchev–Trinajstić information content (AvgIpc) is 2.46.